The molecule has 150 valence electrons. The summed E-state index contributed by atoms with van der Waals surface area (Å²) in [5.74, 6) is 1.02. The molecule has 5 heteroatoms. The van der Waals surface area contributed by atoms with Crippen LogP contribution in [0, 0.1) is 6.92 Å². The summed E-state index contributed by atoms with van der Waals surface area (Å²) in [6.07, 6.45) is 2.09. The number of aliphatic hydroxyl groups is 1. The molecule has 30 heavy (non-hydrogen) atoms. The van der Waals surface area contributed by atoms with Gasteiger partial charge in [0.2, 0.25) is 5.88 Å². The molecule has 0 fully saturated rings. The summed E-state index contributed by atoms with van der Waals surface area (Å²) in [5, 5.41) is 15.1. The van der Waals surface area contributed by atoms with Gasteiger partial charge in [0, 0.05) is 23.2 Å². The molecule has 0 saturated heterocycles. The molecule has 0 bridgehead atoms. The number of hydrogen-bond donors (Lipinski definition) is 2. The van der Waals surface area contributed by atoms with E-state index in [1.54, 1.807) is 12.1 Å². The van der Waals surface area contributed by atoms with E-state index in [1.165, 1.54) is 5.56 Å². The Hall–Kier alpha value is -3.86. The third kappa shape index (κ3) is 3.05. The summed E-state index contributed by atoms with van der Waals surface area (Å²) >= 11 is 0. The number of aliphatic hydroxyl groups excluding tert-OH is 1. The van der Waals surface area contributed by atoms with Crippen molar-refractivity contribution in [3.63, 3.8) is 0 Å². The molecule has 3 aromatic rings. The monoisotopic (exact) mass is 397 g/mol. The fourth-order valence-electron chi connectivity index (χ4n) is 3.90. The van der Waals surface area contributed by atoms with Crippen LogP contribution in [0.1, 0.15) is 11.1 Å². The Bertz CT molecular complexity index is 1240. The van der Waals surface area contributed by atoms with Gasteiger partial charge >= 0.3 is 0 Å². The largest absolute Gasteiger partial charge is 0.497 e. The molecule has 2 aliphatic heterocycles. The van der Waals surface area contributed by atoms with Crippen LogP contribution in [0.4, 0.5) is 5.69 Å². The van der Waals surface area contributed by atoms with Crippen molar-refractivity contribution < 1.29 is 9.84 Å². The van der Waals surface area contributed by atoms with Gasteiger partial charge in [-0.15, -0.1) is 0 Å². The Morgan fingerprint density at radius 2 is 1.67 bits per heavy atom. The fourth-order valence-corrected chi connectivity index (χ4v) is 3.90. The van der Waals surface area contributed by atoms with E-state index >= 15 is 0 Å². The highest BCUT2D eigenvalue weighted by atomic mass is 16.5. The first-order chi connectivity index (χ1) is 14.6. The Morgan fingerprint density at radius 1 is 0.933 bits per heavy atom. The lowest BCUT2D eigenvalue weighted by atomic mass is 10.1. The summed E-state index contributed by atoms with van der Waals surface area (Å²) in [6, 6.07) is 24.3. The van der Waals surface area contributed by atoms with E-state index in [0.717, 1.165) is 38.8 Å². The predicted octanol–water partition coefficient (Wildman–Crippen LogP) is 3.12. The van der Waals surface area contributed by atoms with Gasteiger partial charge in [0.05, 0.1) is 18.5 Å². The van der Waals surface area contributed by atoms with Crippen LogP contribution in [0.3, 0.4) is 0 Å². The number of hydrazine groups is 1. The number of nitrogens with one attached hydrogen (secondary N) is 1. The molecule has 5 rings (SSSR count). The number of nitrogens with zero attached hydrogens (tertiary/aromatic N) is 2. The van der Waals surface area contributed by atoms with Crippen LogP contribution < -0.4 is 25.6 Å². The molecule has 0 aliphatic carbocycles. The van der Waals surface area contributed by atoms with Crippen LogP contribution >= 0.6 is 0 Å². The Morgan fingerprint density at radius 3 is 2.40 bits per heavy atom. The predicted molar refractivity (Wildman–Crippen MR) is 119 cm³/mol. The van der Waals surface area contributed by atoms with E-state index in [4.69, 9.17) is 4.74 Å². The minimum Gasteiger partial charge on any atom is -0.497 e. The molecule has 2 aliphatic rings. The smallest absolute Gasteiger partial charge is 0.237 e. The number of ether oxygens (including phenoxy) is 1. The van der Waals surface area contributed by atoms with Gasteiger partial charge in [-0.05, 0) is 36.8 Å². The SMILES string of the molecule is COc1ccc(CN2C=c3ccccc3=C3NN(c4ccc(C)cc4)C(O)=C32)cc1. The number of fused-ring (bicyclic) bond motifs is 2. The summed E-state index contributed by atoms with van der Waals surface area (Å²) < 4.78 is 5.27. The number of methoxy groups -OCH3 is 1. The van der Waals surface area contributed by atoms with Gasteiger partial charge in [0.1, 0.15) is 11.4 Å². The molecular formula is C25H23N3O2. The van der Waals surface area contributed by atoms with Crippen LogP contribution in [0.5, 0.6) is 5.75 Å². The van der Waals surface area contributed by atoms with Crippen LogP contribution in [-0.4, -0.2) is 17.1 Å². The molecular weight excluding hydrogens is 374 g/mol. The van der Waals surface area contributed by atoms with Crippen LogP contribution in [0.25, 0.3) is 11.9 Å². The molecule has 3 aromatic carbocycles. The first-order valence-electron chi connectivity index (χ1n) is 9.92. The Kier molecular flexibility index (Phi) is 4.36. The van der Waals surface area contributed by atoms with Crippen molar-refractivity contribution in [2.75, 3.05) is 12.1 Å². The number of benzene rings is 3. The average molecular weight is 397 g/mol. The summed E-state index contributed by atoms with van der Waals surface area (Å²) in [4.78, 5) is 2.09. The number of rotatable bonds is 4. The minimum absolute atomic E-state index is 0.188. The zero-order valence-electron chi connectivity index (χ0n) is 17.0. The fraction of sp³-hybridized carbons (Fsp3) is 0.120. The van der Waals surface area contributed by atoms with Gasteiger partial charge in [0.25, 0.3) is 0 Å². The van der Waals surface area contributed by atoms with Crippen molar-refractivity contribution in [1.29, 1.82) is 0 Å². The van der Waals surface area contributed by atoms with Crippen LogP contribution in [0.15, 0.2) is 84.4 Å². The second kappa shape index (κ2) is 7.19. The zero-order chi connectivity index (χ0) is 20.7. The summed E-state index contributed by atoms with van der Waals surface area (Å²) in [5.41, 5.74) is 8.27. The topological polar surface area (TPSA) is 48.0 Å². The molecule has 2 N–H and O–H groups in total. The van der Waals surface area contributed by atoms with E-state index in [9.17, 15) is 5.11 Å². The minimum atomic E-state index is 0.188. The van der Waals surface area contributed by atoms with Crippen molar-refractivity contribution >= 4 is 17.6 Å². The van der Waals surface area contributed by atoms with Gasteiger partial charge in [0.15, 0.2) is 0 Å². The highest BCUT2D eigenvalue weighted by Gasteiger charge is 2.33. The van der Waals surface area contributed by atoms with E-state index in [0.29, 0.717) is 6.54 Å². The molecule has 0 aromatic heterocycles. The molecule has 2 heterocycles. The van der Waals surface area contributed by atoms with E-state index in [-0.39, 0.29) is 5.88 Å². The third-order valence-corrected chi connectivity index (χ3v) is 5.50. The lowest BCUT2D eigenvalue weighted by molar-refractivity contribution is 0.367. The highest BCUT2D eigenvalue weighted by Crippen LogP contribution is 2.32. The first kappa shape index (κ1) is 18.2. The van der Waals surface area contributed by atoms with Gasteiger partial charge in [-0.3, -0.25) is 5.43 Å². The van der Waals surface area contributed by atoms with Crippen LogP contribution in [0.2, 0.25) is 0 Å². The number of hydrogen-bond acceptors (Lipinski definition) is 5. The standard InChI is InChI=1S/C25H23N3O2/c1-17-7-11-20(12-8-17)28-25(29)24-23(26-28)22-6-4-3-5-19(22)16-27(24)15-18-9-13-21(30-2)14-10-18/h3-14,16,26,29H,15H2,1-2H3. The van der Waals surface area contributed by atoms with Gasteiger partial charge in [-0.25, -0.2) is 5.01 Å². The van der Waals surface area contributed by atoms with Crippen molar-refractivity contribution in [2.24, 2.45) is 0 Å². The molecule has 0 saturated carbocycles. The lowest BCUT2D eigenvalue weighted by Crippen LogP contribution is -2.40. The zero-order valence-corrected chi connectivity index (χ0v) is 17.0. The number of anilines is 1. The van der Waals surface area contributed by atoms with Crippen molar-refractivity contribution in [3.8, 4) is 5.75 Å². The van der Waals surface area contributed by atoms with Crippen LogP contribution in [-0.2, 0) is 6.54 Å². The van der Waals surface area contributed by atoms with E-state index in [2.05, 4.69) is 35.6 Å². The lowest BCUT2D eigenvalue weighted by Gasteiger charge is -2.25. The molecule has 5 nitrogen and oxygen atoms in total. The van der Waals surface area contributed by atoms with Gasteiger partial charge in [-0.2, -0.15) is 0 Å². The van der Waals surface area contributed by atoms with Gasteiger partial charge < -0.3 is 14.7 Å². The first-order valence-corrected chi connectivity index (χ1v) is 9.92. The maximum absolute atomic E-state index is 11.2. The third-order valence-electron chi connectivity index (χ3n) is 5.50. The quantitative estimate of drug-likeness (QED) is 0.709. The molecule has 0 radical (unpaired) electrons. The van der Waals surface area contributed by atoms with Crippen molar-refractivity contribution in [2.45, 2.75) is 13.5 Å². The number of aryl methyl sites for hydroxylation is 1. The Labute approximate surface area is 175 Å². The van der Waals surface area contributed by atoms with Crippen molar-refractivity contribution in [1.82, 2.24) is 10.3 Å². The second-order valence-electron chi connectivity index (χ2n) is 7.52. The Balaban J connectivity index is 1.60. The maximum atomic E-state index is 11.2. The average Bonchev–Trinajstić information content (AvgIpc) is 3.13. The van der Waals surface area contributed by atoms with E-state index < -0.39 is 0 Å². The van der Waals surface area contributed by atoms with Crippen molar-refractivity contribution in [3.05, 3.63) is 106 Å². The molecule has 0 unspecified atom stereocenters. The second-order valence-corrected chi connectivity index (χ2v) is 7.52. The maximum Gasteiger partial charge on any atom is 0.237 e. The van der Waals surface area contributed by atoms with Gasteiger partial charge in [-0.1, -0.05) is 54.1 Å². The molecule has 0 atom stereocenters. The highest BCUT2D eigenvalue weighted by molar-refractivity contribution is 5.75. The normalized spacial score (nSPS) is 14.8. The van der Waals surface area contributed by atoms with E-state index in [1.807, 2.05) is 60.7 Å². The molecule has 0 spiro atoms. The summed E-state index contributed by atoms with van der Waals surface area (Å²) in [7, 11) is 1.66. The molecule has 0 amide bonds. The summed E-state index contributed by atoms with van der Waals surface area (Å²) in [6.45, 7) is 2.68.